The summed E-state index contributed by atoms with van der Waals surface area (Å²) < 4.78 is 0. The molecule has 0 fully saturated rings. The van der Waals surface area contributed by atoms with Gasteiger partial charge in [0.2, 0.25) is 0 Å². The van der Waals surface area contributed by atoms with Gasteiger partial charge >= 0.3 is 6.03 Å². The first-order chi connectivity index (χ1) is 8.40. The molecule has 1 aromatic rings. The standard InChI is InChI=1S/C11H14ClN3O3/c1-7(2)6-13-11(16)14-10-5-8(15(17)18)3-4-9(10)12/h3-5,7H,6H2,1-2H3,(H2,13,14,16). The van der Waals surface area contributed by atoms with Gasteiger partial charge in [-0.25, -0.2) is 4.79 Å². The molecular formula is C11H14ClN3O3. The van der Waals surface area contributed by atoms with Gasteiger partial charge in [-0.2, -0.15) is 0 Å². The minimum Gasteiger partial charge on any atom is -0.338 e. The van der Waals surface area contributed by atoms with Crippen LogP contribution in [0.5, 0.6) is 0 Å². The van der Waals surface area contributed by atoms with Crippen LogP contribution in [0.4, 0.5) is 16.2 Å². The highest BCUT2D eigenvalue weighted by Crippen LogP contribution is 2.26. The van der Waals surface area contributed by atoms with Crippen molar-refractivity contribution in [1.82, 2.24) is 5.32 Å². The normalized spacial score (nSPS) is 10.2. The molecule has 0 saturated heterocycles. The second-order valence-corrected chi connectivity index (χ2v) is 4.56. The summed E-state index contributed by atoms with van der Waals surface area (Å²) in [6, 6.07) is 3.43. The monoisotopic (exact) mass is 271 g/mol. The molecule has 0 aliphatic carbocycles. The fourth-order valence-corrected chi connectivity index (χ4v) is 1.35. The van der Waals surface area contributed by atoms with Crippen molar-refractivity contribution in [3.8, 4) is 0 Å². The Hall–Kier alpha value is -1.82. The minimum atomic E-state index is -0.548. The van der Waals surface area contributed by atoms with Crippen LogP contribution >= 0.6 is 11.6 Å². The van der Waals surface area contributed by atoms with Crippen LogP contribution in [0.2, 0.25) is 5.02 Å². The van der Waals surface area contributed by atoms with Crippen molar-refractivity contribution < 1.29 is 9.72 Å². The molecule has 98 valence electrons. The number of urea groups is 1. The summed E-state index contributed by atoms with van der Waals surface area (Å²) in [5.41, 5.74) is 0.0886. The minimum absolute atomic E-state index is 0.126. The summed E-state index contributed by atoms with van der Waals surface area (Å²) in [6.45, 7) is 4.43. The van der Waals surface area contributed by atoms with Crippen LogP contribution in [0.1, 0.15) is 13.8 Å². The molecule has 18 heavy (non-hydrogen) atoms. The van der Waals surface area contributed by atoms with Gasteiger partial charge in [0.15, 0.2) is 0 Å². The van der Waals surface area contributed by atoms with Crippen molar-refractivity contribution in [1.29, 1.82) is 0 Å². The van der Waals surface area contributed by atoms with Crippen LogP contribution in [-0.4, -0.2) is 17.5 Å². The number of nitrogens with zero attached hydrogens (tertiary/aromatic N) is 1. The van der Waals surface area contributed by atoms with Crippen molar-refractivity contribution in [3.63, 3.8) is 0 Å². The lowest BCUT2D eigenvalue weighted by molar-refractivity contribution is -0.384. The largest absolute Gasteiger partial charge is 0.338 e. The topological polar surface area (TPSA) is 84.3 Å². The van der Waals surface area contributed by atoms with Crippen LogP contribution in [0.15, 0.2) is 18.2 Å². The van der Waals surface area contributed by atoms with E-state index >= 15 is 0 Å². The Bertz CT molecular complexity index is 463. The van der Waals surface area contributed by atoms with E-state index in [1.54, 1.807) is 0 Å². The lowest BCUT2D eigenvalue weighted by atomic mass is 10.2. The van der Waals surface area contributed by atoms with Gasteiger partial charge in [-0.05, 0) is 12.0 Å². The van der Waals surface area contributed by atoms with Crippen molar-refractivity contribution in [2.24, 2.45) is 5.92 Å². The lowest BCUT2D eigenvalue weighted by Crippen LogP contribution is -2.31. The number of halogens is 1. The predicted molar refractivity (Wildman–Crippen MR) is 70.0 cm³/mol. The molecule has 1 aromatic carbocycles. The Morgan fingerprint density at radius 1 is 1.50 bits per heavy atom. The Morgan fingerprint density at radius 2 is 2.17 bits per heavy atom. The molecule has 0 saturated carbocycles. The maximum absolute atomic E-state index is 11.5. The molecular weight excluding hydrogens is 258 g/mol. The molecule has 0 aliphatic rings. The lowest BCUT2D eigenvalue weighted by Gasteiger charge is -2.10. The fraction of sp³-hybridized carbons (Fsp3) is 0.364. The number of carbonyl (C=O) groups is 1. The van der Waals surface area contributed by atoms with E-state index in [0.29, 0.717) is 12.5 Å². The van der Waals surface area contributed by atoms with Crippen molar-refractivity contribution in [2.45, 2.75) is 13.8 Å². The first kappa shape index (κ1) is 14.2. The number of nitrogens with one attached hydrogen (secondary N) is 2. The van der Waals surface area contributed by atoms with Gasteiger partial charge in [0.1, 0.15) is 0 Å². The average Bonchev–Trinajstić information content (AvgIpc) is 2.29. The van der Waals surface area contributed by atoms with E-state index in [2.05, 4.69) is 10.6 Å². The molecule has 1 rings (SSSR count). The first-order valence-corrected chi connectivity index (χ1v) is 5.76. The quantitative estimate of drug-likeness (QED) is 0.652. The summed E-state index contributed by atoms with van der Waals surface area (Å²) in [5, 5.41) is 16.0. The summed E-state index contributed by atoms with van der Waals surface area (Å²) >= 11 is 5.84. The fourth-order valence-electron chi connectivity index (χ4n) is 1.19. The zero-order chi connectivity index (χ0) is 13.7. The van der Waals surface area contributed by atoms with Gasteiger partial charge in [0, 0.05) is 18.7 Å². The zero-order valence-corrected chi connectivity index (χ0v) is 10.8. The molecule has 6 nitrogen and oxygen atoms in total. The predicted octanol–water partition coefficient (Wildman–Crippen LogP) is 3.03. The summed E-state index contributed by atoms with van der Waals surface area (Å²) in [7, 11) is 0. The second-order valence-electron chi connectivity index (χ2n) is 4.15. The molecule has 0 aliphatic heterocycles. The molecule has 0 atom stereocenters. The second kappa shape index (κ2) is 6.20. The molecule has 0 bridgehead atoms. The number of hydrogen-bond donors (Lipinski definition) is 2. The highest BCUT2D eigenvalue weighted by molar-refractivity contribution is 6.33. The number of nitro groups is 1. The van der Waals surface area contributed by atoms with Crippen molar-refractivity contribution in [2.75, 3.05) is 11.9 Å². The van der Waals surface area contributed by atoms with Gasteiger partial charge in [-0.15, -0.1) is 0 Å². The molecule has 0 spiro atoms. The average molecular weight is 272 g/mol. The van der Waals surface area contributed by atoms with Crippen molar-refractivity contribution in [3.05, 3.63) is 33.3 Å². The van der Waals surface area contributed by atoms with Gasteiger partial charge in [0.05, 0.1) is 15.6 Å². The number of non-ortho nitro benzene ring substituents is 1. The Labute approximate surface area is 109 Å². The summed E-state index contributed by atoms with van der Waals surface area (Å²) in [4.78, 5) is 21.6. The summed E-state index contributed by atoms with van der Waals surface area (Å²) in [6.07, 6.45) is 0. The van der Waals surface area contributed by atoms with Gasteiger partial charge < -0.3 is 10.6 Å². The molecule has 7 heteroatoms. The number of rotatable bonds is 4. The number of nitro benzene ring substituents is 1. The molecule has 2 amide bonds. The Kier molecular flexibility index (Phi) is 4.91. The third kappa shape index (κ3) is 4.21. The van der Waals surface area contributed by atoms with Crippen LogP contribution in [-0.2, 0) is 0 Å². The zero-order valence-electron chi connectivity index (χ0n) is 10.1. The third-order valence-electron chi connectivity index (χ3n) is 2.08. The SMILES string of the molecule is CC(C)CNC(=O)Nc1cc([N+](=O)[O-])ccc1Cl. The van der Waals surface area contributed by atoms with E-state index in [4.69, 9.17) is 11.6 Å². The molecule has 0 heterocycles. The van der Waals surface area contributed by atoms with Crippen LogP contribution in [0.3, 0.4) is 0 Å². The smallest absolute Gasteiger partial charge is 0.319 e. The van der Waals surface area contributed by atoms with Gasteiger partial charge in [-0.1, -0.05) is 25.4 Å². The van der Waals surface area contributed by atoms with E-state index in [-0.39, 0.29) is 16.4 Å². The maximum atomic E-state index is 11.5. The highest BCUT2D eigenvalue weighted by atomic mass is 35.5. The molecule has 0 unspecified atom stereocenters. The van der Waals surface area contributed by atoms with Gasteiger partial charge in [0.25, 0.3) is 5.69 Å². The number of benzene rings is 1. The first-order valence-electron chi connectivity index (χ1n) is 5.39. The van der Waals surface area contributed by atoms with E-state index in [0.717, 1.165) is 0 Å². The maximum Gasteiger partial charge on any atom is 0.319 e. The van der Waals surface area contributed by atoms with Crippen LogP contribution < -0.4 is 10.6 Å². The van der Waals surface area contributed by atoms with E-state index in [1.165, 1.54) is 18.2 Å². The van der Waals surface area contributed by atoms with E-state index in [9.17, 15) is 14.9 Å². The number of amides is 2. The van der Waals surface area contributed by atoms with Crippen molar-refractivity contribution >= 4 is 29.0 Å². The Balaban J connectivity index is 2.74. The number of anilines is 1. The van der Waals surface area contributed by atoms with E-state index < -0.39 is 11.0 Å². The van der Waals surface area contributed by atoms with Gasteiger partial charge in [-0.3, -0.25) is 10.1 Å². The number of hydrogen-bond acceptors (Lipinski definition) is 3. The molecule has 2 N–H and O–H groups in total. The highest BCUT2D eigenvalue weighted by Gasteiger charge is 2.11. The van der Waals surface area contributed by atoms with Crippen LogP contribution in [0.25, 0.3) is 0 Å². The Morgan fingerprint density at radius 3 is 2.72 bits per heavy atom. The third-order valence-corrected chi connectivity index (χ3v) is 2.41. The summed E-state index contributed by atoms with van der Waals surface area (Å²) in [5.74, 6) is 0.316. The molecule has 0 aromatic heterocycles. The van der Waals surface area contributed by atoms with E-state index in [1.807, 2.05) is 13.8 Å². The number of carbonyl (C=O) groups excluding carboxylic acids is 1. The molecule has 0 radical (unpaired) electrons. The van der Waals surface area contributed by atoms with Crippen LogP contribution in [0, 0.1) is 16.0 Å².